The van der Waals surface area contributed by atoms with Gasteiger partial charge in [0.2, 0.25) is 11.7 Å². The molecule has 1 fully saturated rings. The molecule has 0 aromatic carbocycles. The van der Waals surface area contributed by atoms with E-state index in [9.17, 15) is 4.79 Å². The van der Waals surface area contributed by atoms with Crippen LogP contribution >= 0.6 is 15.9 Å². The molecule has 3 rings (SSSR count). The fraction of sp³-hybridized carbons (Fsp3) is 0.500. The Hall–Kier alpha value is -1.70. The van der Waals surface area contributed by atoms with Crippen molar-refractivity contribution in [1.29, 1.82) is 0 Å². The first-order valence-electron chi connectivity index (χ1n) is 6.54. The molecule has 8 heteroatoms. The van der Waals surface area contributed by atoms with Crippen molar-refractivity contribution in [1.82, 2.24) is 25.1 Å². The first-order valence-corrected chi connectivity index (χ1v) is 7.33. The van der Waals surface area contributed by atoms with Crippen molar-refractivity contribution in [2.45, 2.75) is 25.8 Å². The van der Waals surface area contributed by atoms with Gasteiger partial charge in [0.1, 0.15) is 6.54 Å². The second-order valence-electron chi connectivity index (χ2n) is 4.69. The van der Waals surface area contributed by atoms with Gasteiger partial charge in [0, 0.05) is 13.1 Å². The monoisotopic (exact) mass is 339 g/mol. The molecule has 1 aliphatic heterocycles. The predicted molar refractivity (Wildman–Crippen MR) is 73.7 cm³/mol. The molecule has 7 nitrogen and oxygen atoms in total. The van der Waals surface area contributed by atoms with Crippen molar-refractivity contribution < 1.29 is 9.21 Å². The van der Waals surface area contributed by atoms with Crippen LogP contribution in [0, 0.1) is 0 Å². The lowest BCUT2D eigenvalue weighted by atomic mass is 10.1. The highest BCUT2D eigenvalue weighted by Gasteiger charge is 2.18. The van der Waals surface area contributed by atoms with Gasteiger partial charge in [0.05, 0.1) is 0 Å². The molecule has 1 saturated heterocycles. The summed E-state index contributed by atoms with van der Waals surface area (Å²) in [6.07, 6.45) is 3.34. The van der Waals surface area contributed by atoms with E-state index >= 15 is 0 Å². The van der Waals surface area contributed by atoms with Gasteiger partial charge in [-0.2, -0.15) is 4.80 Å². The van der Waals surface area contributed by atoms with Crippen molar-refractivity contribution >= 4 is 21.8 Å². The standard InChI is InChI=1S/C12H14BrN5O2/c13-10-5-4-9(20-10)12-14-16-18(15-12)8-11(19)17-6-2-1-3-7-17/h4-5H,1-3,6-8H2. The summed E-state index contributed by atoms with van der Waals surface area (Å²) in [5.41, 5.74) is 0. The van der Waals surface area contributed by atoms with Gasteiger partial charge in [-0.25, -0.2) is 0 Å². The van der Waals surface area contributed by atoms with Crippen LogP contribution in [0.5, 0.6) is 0 Å². The van der Waals surface area contributed by atoms with Gasteiger partial charge >= 0.3 is 0 Å². The van der Waals surface area contributed by atoms with Crippen molar-refractivity contribution in [3.8, 4) is 11.6 Å². The third-order valence-corrected chi connectivity index (χ3v) is 3.66. The van der Waals surface area contributed by atoms with Crippen molar-refractivity contribution in [2.75, 3.05) is 13.1 Å². The maximum atomic E-state index is 12.1. The van der Waals surface area contributed by atoms with E-state index in [0.717, 1.165) is 25.9 Å². The summed E-state index contributed by atoms with van der Waals surface area (Å²) in [5, 5.41) is 11.9. The van der Waals surface area contributed by atoms with Crippen LogP contribution in [0.3, 0.4) is 0 Å². The largest absolute Gasteiger partial charge is 0.446 e. The molecule has 2 aromatic rings. The predicted octanol–water partition coefficient (Wildman–Crippen LogP) is 1.71. The third-order valence-electron chi connectivity index (χ3n) is 3.23. The SMILES string of the molecule is O=C(Cn1nnc(-c2ccc(Br)o2)n1)N1CCCCC1. The highest BCUT2D eigenvalue weighted by molar-refractivity contribution is 9.10. The van der Waals surface area contributed by atoms with Gasteiger partial charge in [0.15, 0.2) is 10.4 Å². The van der Waals surface area contributed by atoms with Crippen LogP contribution in [-0.2, 0) is 11.3 Å². The minimum absolute atomic E-state index is 0.0364. The highest BCUT2D eigenvalue weighted by atomic mass is 79.9. The Balaban J connectivity index is 1.66. The maximum absolute atomic E-state index is 12.1. The van der Waals surface area contributed by atoms with Crippen LogP contribution in [0.2, 0.25) is 0 Å². The first kappa shape index (κ1) is 13.3. The maximum Gasteiger partial charge on any atom is 0.246 e. The number of carbonyl (C=O) groups is 1. The van der Waals surface area contributed by atoms with E-state index in [-0.39, 0.29) is 12.5 Å². The lowest BCUT2D eigenvalue weighted by molar-refractivity contribution is -0.133. The Morgan fingerprint density at radius 2 is 2.10 bits per heavy atom. The smallest absolute Gasteiger partial charge is 0.246 e. The number of hydrogen-bond acceptors (Lipinski definition) is 5. The normalized spacial score (nSPS) is 15.6. The molecule has 1 amide bonds. The molecule has 0 saturated carbocycles. The summed E-state index contributed by atoms with van der Waals surface area (Å²) in [6, 6.07) is 3.51. The Morgan fingerprint density at radius 3 is 2.80 bits per heavy atom. The van der Waals surface area contributed by atoms with Crippen molar-refractivity contribution in [2.24, 2.45) is 0 Å². The molecular formula is C12H14BrN5O2. The van der Waals surface area contributed by atoms with Crippen LogP contribution in [-0.4, -0.2) is 44.1 Å². The Morgan fingerprint density at radius 1 is 1.30 bits per heavy atom. The first-order chi connectivity index (χ1) is 9.72. The number of tetrazole rings is 1. The molecule has 20 heavy (non-hydrogen) atoms. The molecule has 106 valence electrons. The summed E-state index contributed by atoms with van der Waals surface area (Å²) in [4.78, 5) is 15.2. The topological polar surface area (TPSA) is 77.0 Å². The van der Waals surface area contributed by atoms with Crippen LogP contribution in [0.25, 0.3) is 11.6 Å². The quantitative estimate of drug-likeness (QED) is 0.850. The molecular weight excluding hydrogens is 326 g/mol. The Bertz CT molecular complexity index is 603. The van der Waals surface area contributed by atoms with E-state index in [1.807, 2.05) is 4.90 Å². The van der Waals surface area contributed by atoms with E-state index in [4.69, 9.17) is 4.42 Å². The molecule has 3 heterocycles. The number of aromatic nitrogens is 4. The lowest BCUT2D eigenvalue weighted by Crippen LogP contribution is -2.38. The fourth-order valence-electron chi connectivity index (χ4n) is 2.21. The third kappa shape index (κ3) is 2.90. The van der Waals surface area contributed by atoms with Gasteiger partial charge in [-0.15, -0.1) is 10.2 Å². The number of rotatable bonds is 3. The zero-order chi connectivity index (χ0) is 13.9. The summed E-state index contributed by atoms with van der Waals surface area (Å²) < 4.78 is 5.95. The van der Waals surface area contributed by atoms with Crippen LogP contribution in [0.4, 0.5) is 0 Å². The summed E-state index contributed by atoms with van der Waals surface area (Å²) in [6.45, 7) is 1.77. The number of halogens is 1. The average Bonchev–Trinajstić information content (AvgIpc) is 3.09. The van der Waals surface area contributed by atoms with Crippen LogP contribution in [0.1, 0.15) is 19.3 Å². The Kier molecular flexibility index (Phi) is 3.81. The number of furan rings is 1. The molecule has 1 aliphatic rings. The Labute approximate surface area is 124 Å². The molecule has 0 unspecified atom stereocenters. The number of hydrogen-bond donors (Lipinski definition) is 0. The summed E-state index contributed by atoms with van der Waals surface area (Å²) in [5.74, 6) is 0.935. The lowest BCUT2D eigenvalue weighted by Gasteiger charge is -2.26. The second kappa shape index (κ2) is 5.74. The number of amides is 1. The minimum Gasteiger partial charge on any atom is -0.446 e. The zero-order valence-electron chi connectivity index (χ0n) is 10.8. The van der Waals surface area contributed by atoms with Gasteiger partial charge in [0.25, 0.3) is 0 Å². The molecule has 0 radical (unpaired) electrons. The van der Waals surface area contributed by atoms with Gasteiger partial charge < -0.3 is 9.32 Å². The highest BCUT2D eigenvalue weighted by Crippen LogP contribution is 2.21. The van der Waals surface area contributed by atoms with E-state index < -0.39 is 0 Å². The zero-order valence-corrected chi connectivity index (χ0v) is 12.4. The molecule has 0 aliphatic carbocycles. The molecule has 0 bridgehead atoms. The molecule has 0 atom stereocenters. The second-order valence-corrected chi connectivity index (χ2v) is 5.47. The van der Waals surface area contributed by atoms with E-state index in [2.05, 4.69) is 31.3 Å². The fourth-order valence-corrected chi connectivity index (χ4v) is 2.51. The van der Waals surface area contributed by atoms with Gasteiger partial charge in [-0.1, -0.05) is 0 Å². The van der Waals surface area contributed by atoms with Gasteiger partial charge in [-0.3, -0.25) is 4.79 Å². The number of piperidine rings is 1. The molecule has 0 spiro atoms. The van der Waals surface area contributed by atoms with Crippen molar-refractivity contribution in [3.05, 3.63) is 16.8 Å². The van der Waals surface area contributed by atoms with Crippen molar-refractivity contribution in [3.63, 3.8) is 0 Å². The molecule has 2 aromatic heterocycles. The van der Waals surface area contributed by atoms with Crippen LogP contribution < -0.4 is 0 Å². The van der Waals surface area contributed by atoms with E-state index in [0.29, 0.717) is 16.3 Å². The molecule has 0 N–H and O–H groups in total. The van der Waals surface area contributed by atoms with Gasteiger partial charge in [-0.05, 0) is 52.5 Å². The van der Waals surface area contributed by atoms with E-state index in [1.54, 1.807) is 12.1 Å². The van der Waals surface area contributed by atoms with E-state index in [1.165, 1.54) is 11.2 Å². The minimum atomic E-state index is 0.0364. The van der Waals surface area contributed by atoms with Crippen LogP contribution in [0.15, 0.2) is 21.2 Å². The summed E-state index contributed by atoms with van der Waals surface area (Å²) in [7, 11) is 0. The number of likely N-dealkylation sites (tertiary alicyclic amines) is 1. The number of carbonyl (C=O) groups excluding carboxylic acids is 1. The average molecular weight is 340 g/mol. The number of nitrogens with zero attached hydrogens (tertiary/aromatic N) is 5. The summed E-state index contributed by atoms with van der Waals surface area (Å²) >= 11 is 3.22.